The molecule has 0 saturated carbocycles. The summed E-state index contributed by atoms with van der Waals surface area (Å²) in [5.41, 5.74) is 1.16. The van der Waals surface area contributed by atoms with Gasteiger partial charge in [-0.1, -0.05) is 13.3 Å². The van der Waals surface area contributed by atoms with Crippen LogP contribution >= 0.6 is 0 Å². The van der Waals surface area contributed by atoms with E-state index in [1.54, 1.807) is 13.0 Å². The maximum Gasteiger partial charge on any atom is 0.239 e. The average molecular weight is 269 g/mol. The third-order valence-corrected chi connectivity index (χ3v) is 4.77. The standard InChI is InChI=1S/C13H16FNO2S/c1-3-4-7-18(16,17)15-10(2)8-11-9-12(14)5-6-13(11)15/h5-6,8-9H,3-4,7H2,1-2H3. The van der Waals surface area contributed by atoms with E-state index in [9.17, 15) is 12.8 Å². The first-order valence-corrected chi connectivity index (χ1v) is 7.57. The Hall–Kier alpha value is -1.36. The molecule has 1 heterocycles. The summed E-state index contributed by atoms with van der Waals surface area (Å²) in [4.78, 5) is 0. The molecule has 0 amide bonds. The maximum absolute atomic E-state index is 13.1. The number of aryl methyl sites for hydroxylation is 1. The molecule has 18 heavy (non-hydrogen) atoms. The van der Waals surface area contributed by atoms with Gasteiger partial charge in [-0.05, 0) is 37.6 Å². The largest absolute Gasteiger partial charge is 0.242 e. The maximum atomic E-state index is 13.1. The normalized spacial score (nSPS) is 12.2. The van der Waals surface area contributed by atoms with E-state index in [1.807, 2.05) is 6.92 Å². The van der Waals surface area contributed by atoms with Gasteiger partial charge in [0, 0.05) is 11.1 Å². The Labute approximate surface area is 106 Å². The van der Waals surface area contributed by atoms with Crippen LogP contribution in [0.4, 0.5) is 4.39 Å². The molecular formula is C13H16FNO2S. The molecule has 0 aliphatic carbocycles. The monoisotopic (exact) mass is 269 g/mol. The third kappa shape index (κ3) is 2.27. The van der Waals surface area contributed by atoms with Gasteiger partial charge < -0.3 is 0 Å². The lowest BCUT2D eigenvalue weighted by atomic mass is 10.2. The number of hydrogen-bond acceptors (Lipinski definition) is 2. The molecule has 98 valence electrons. The molecule has 0 N–H and O–H groups in total. The van der Waals surface area contributed by atoms with Crippen LogP contribution in [0.3, 0.4) is 0 Å². The molecular weight excluding hydrogens is 253 g/mol. The van der Waals surface area contributed by atoms with Crippen LogP contribution in [0.5, 0.6) is 0 Å². The van der Waals surface area contributed by atoms with Crippen molar-refractivity contribution in [3.8, 4) is 0 Å². The zero-order valence-electron chi connectivity index (χ0n) is 10.5. The number of nitrogens with zero attached hydrogens (tertiary/aromatic N) is 1. The van der Waals surface area contributed by atoms with E-state index in [4.69, 9.17) is 0 Å². The molecule has 0 aliphatic heterocycles. The fourth-order valence-corrected chi connectivity index (χ4v) is 3.88. The van der Waals surface area contributed by atoms with Crippen LogP contribution in [0, 0.1) is 12.7 Å². The number of halogens is 1. The molecule has 0 bridgehead atoms. The molecule has 0 unspecified atom stereocenters. The first-order valence-electron chi connectivity index (χ1n) is 5.96. The van der Waals surface area contributed by atoms with E-state index < -0.39 is 10.0 Å². The predicted molar refractivity (Wildman–Crippen MR) is 70.7 cm³/mol. The number of unbranched alkanes of at least 4 members (excludes halogenated alkanes) is 1. The Bertz CT molecular complexity index is 674. The van der Waals surface area contributed by atoms with Crippen molar-refractivity contribution in [2.45, 2.75) is 26.7 Å². The summed E-state index contributed by atoms with van der Waals surface area (Å²) in [6.45, 7) is 3.67. The SMILES string of the molecule is CCCCS(=O)(=O)n1c(C)cc2cc(F)ccc21. The van der Waals surface area contributed by atoms with Crippen molar-refractivity contribution in [1.29, 1.82) is 0 Å². The van der Waals surface area contributed by atoms with E-state index in [0.29, 0.717) is 23.0 Å². The second-order valence-corrected chi connectivity index (χ2v) is 6.36. The van der Waals surface area contributed by atoms with Gasteiger partial charge in [-0.2, -0.15) is 0 Å². The van der Waals surface area contributed by atoms with E-state index in [1.165, 1.54) is 22.2 Å². The number of benzene rings is 1. The molecule has 5 heteroatoms. The van der Waals surface area contributed by atoms with Crippen molar-refractivity contribution in [1.82, 2.24) is 3.97 Å². The van der Waals surface area contributed by atoms with Gasteiger partial charge in [-0.15, -0.1) is 0 Å². The Morgan fingerprint density at radius 2 is 2.00 bits per heavy atom. The Balaban J connectivity index is 2.60. The Kier molecular flexibility index (Phi) is 3.43. The summed E-state index contributed by atoms with van der Waals surface area (Å²) in [5, 5.41) is 0.618. The third-order valence-electron chi connectivity index (χ3n) is 2.93. The van der Waals surface area contributed by atoms with Crippen LogP contribution in [0.25, 0.3) is 10.9 Å². The minimum atomic E-state index is -3.35. The summed E-state index contributed by atoms with van der Waals surface area (Å²) >= 11 is 0. The smallest absolute Gasteiger partial charge is 0.239 e. The lowest BCUT2D eigenvalue weighted by Gasteiger charge is -2.09. The van der Waals surface area contributed by atoms with Crippen molar-refractivity contribution in [3.05, 3.63) is 35.8 Å². The molecule has 1 aromatic carbocycles. The Morgan fingerprint density at radius 3 is 2.67 bits per heavy atom. The highest BCUT2D eigenvalue weighted by Crippen LogP contribution is 2.23. The minimum Gasteiger partial charge on any atom is -0.242 e. The van der Waals surface area contributed by atoms with E-state index in [2.05, 4.69) is 0 Å². The van der Waals surface area contributed by atoms with Crippen LogP contribution < -0.4 is 0 Å². The highest BCUT2D eigenvalue weighted by Gasteiger charge is 2.18. The first-order chi connectivity index (χ1) is 8.45. The van der Waals surface area contributed by atoms with Crippen LogP contribution in [0.15, 0.2) is 24.3 Å². The zero-order chi connectivity index (χ0) is 13.3. The number of hydrogen-bond donors (Lipinski definition) is 0. The van der Waals surface area contributed by atoms with Crippen molar-refractivity contribution in [3.63, 3.8) is 0 Å². The molecule has 1 aromatic heterocycles. The lowest BCUT2D eigenvalue weighted by molar-refractivity contribution is 0.584. The fraction of sp³-hybridized carbons (Fsp3) is 0.385. The molecule has 2 aromatic rings. The van der Waals surface area contributed by atoms with Crippen molar-refractivity contribution >= 4 is 20.9 Å². The van der Waals surface area contributed by atoms with Crippen LogP contribution in [0.1, 0.15) is 25.5 Å². The van der Waals surface area contributed by atoms with Crippen LogP contribution in [0.2, 0.25) is 0 Å². The molecule has 3 nitrogen and oxygen atoms in total. The van der Waals surface area contributed by atoms with Crippen LogP contribution in [-0.4, -0.2) is 18.1 Å². The second kappa shape index (κ2) is 4.72. The molecule has 0 saturated heterocycles. The van der Waals surface area contributed by atoms with Gasteiger partial charge in [0.2, 0.25) is 10.0 Å². The molecule has 0 aliphatic rings. The predicted octanol–water partition coefficient (Wildman–Crippen LogP) is 3.07. The highest BCUT2D eigenvalue weighted by atomic mass is 32.2. The van der Waals surface area contributed by atoms with Crippen molar-refractivity contribution < 1.29 is 12.8 Å². The number of aromatic nitrogens is 1. The molecule has 0 fully saturated rings. The van der Waals surface area contributed by atoms with Gasteiger partial charge in [-0.25, -0.2) is 16.8 Å². The van der Waals surface area contributed by atoms with Crippen LogP contribution in [-0.2, 0) is 10.0 Å². The average Bonchev–Trinajstić information content (AvgIpc) is 2.62. The van der Waals surface area contributed by atoms with Gasteiger partial charge >= 0.3 is 0 Å². The molecule has 2 rings (SSSR count). The van der Waals surface area contributed by atoms with Crippen molar-refractivity contribution in [2.75, 3.05) is 5.75 Å². The second-order valence-electron chi connectivity index (χ2n) is 4.42. The summed E-state index contributed by atoms with van der Waals surface area (Å²) in [6, 6.07) is 5.85. The van der Waals surface area contributed by atoms with Gasteiger partial charge in [-0.3, -0.25) is 0 Å². The highest BCUT2D eigenvalue weighted by molar-refractivity contribution is 7.90. The van der Waals surface area contributed by atoms with Gasteiger partial charge in [0.1, 0.15) is 5.82 Å². The molecule has 0 radical (unpaired) electrons. The number of rotatable bonds is 4. The summed E-state index contributed by atoms with van der Waals surface area (Å²) < 4.78 is 38.9. The van der Waals surface area contributed by atoms with E-state index in [0.717, 1.165) is 6.42 Å². The first kappa shape index (κ1) is 13.1. The summed E-state index contributed by atoms with van der Waals surface area (Å²) in [5.74, 6) is -0.239. The molecule has 0 atom stereocenters. The van der Waals surface area contributed by atoms with Gasteiger partial charge in [0.05, 0.1) is 11.3 Å². The Morgan fingerprint density at radius 1 is 1.28 bits per heavy atom. The lowest BCUT2D eigenvalue weighted by Crippen LogP contribution is -2.17. The van der Waals surface area contributed by atoms with Gasteiger partial charge in [0.15, 0.2) is 0 Å². The summed E-state index contributed by atoms with van der Waals surface area (Å²) in [7, 11) is -3.35. The summed E-state index contributed by atoms with van der Waals surface area (Å²) in [6.07, 6.45) is 1.45. The van der Waals surface area contributed by atoms with E-state index >= 15 is 0 Å². The fourth-order valence-electron chi connectivity index (χ4n) is 2.09. The minimum absolute atomic E-state index is 0.117. The van der Waals surface area contributed by atoms with Gasteiger partial charge in [0.25, 0.3) is 0 Å². The topological polar surface area (TPSA) is 39.1 Å². The number of fused-ring (bicyclic) bond motifs is 1. The zero-order valence-corrected chi connectivity index (χ0v) is 11.3. The molecule has 0 spiro atoms. The van der Waals surface area contributed by atoms with Crippen molar-refractivity contribution in [2.24, 2.45) is 0 Å². The quantitative estimate of drug-likeness (QED) is 0.855. The van der Waals surface area contributed by atoms with E-state index in [-0.39, 0.29) is 11.6 Å².